The summed E-state index contributed by atoms with van der Waals surface area (Å²) in [5.41, 5.74) is 6.42. The van der Waals surface area contributed by atoms with Gasteiger partial charge in [-0.1, -0.05) is 41.3 Å². The summed E-state index contributed by atoms with van der Waals surface area (Å²) >= 11 is 12.0. The molecule has 1 aromatic heterocycles. The molecule has 0 bridgehead atoms. The van der Waals surface area contributed by atoms with Gasteiger partial charge in [0, 0.05) is 23.0 Å². The van der Waals surface area contributed by atoms with Crippen molar-refractivity contribution in [2.24, 2.45) is 5.73 Å². The van der Waals surface area contributed by atoms with Crippen LogP contribution in [0.2, 0.25) is 10.0 Å². The fourth-order valence-electron chi connectivity index (χ4n) is 1.79. The quantitative estimate of drug-likeness (QED) is 0.916. The van der Waals surface area contributed by atoms with Gasteiger partial charge in [0.25, 0.3) is 0 Å². The molecule has 2 N–H and O–H groups in total. The molecule has 1 aromatic carbocycles. The summed E-state index contributed by atoms with van der Waals surface area (Å²) in [6.07, 6.45) is 1.34. The summed E-state index contributed by atoms with van der Waals surface area (Å²) < 4.78 is 5.34. The van der Waals surface area contributed by atoms with E-state index in [2.05, 4.69) is 10.1 Å². The minimum absolute atomic E-state index is 0.283. The van der Waals surface area contributed by atoms with Crippen LogP contribution in [0.3, 0.4) is 0 Å². The van der Waals surface area contributed by atoms with E-state index < -0.39 is 0 Å². The maximum atomic E-state index is 6.14. The summed E-state index contributed by atoms with van der Waals surface area (Å²) in [4.78, 5) is 4.43. The first-order chi connectivity index (χ1) is 9.48. The van der Waals surface area contributed by atoms with Gasteiger partial charge in [-0.3, -0.25) is 0 Å². The average molecular weight is 314 g/mol. The highest BCUT2D eigenvalue weighted by Gasteiger charge is 2.29. The van der Waals surface area contributed by atoms with Crippen LogP contribution in [0.4, 0.5) is 0 Å². The molecule has 0 saturated carbocycles. The van der Waals surface area contributed by atoms with Gasteiger partial charge < -0.3 is 10.3 Å². The third kappa shape index (κ3) is 3.14. The van der Waals surface area contributed by atoms with E-state index in [1.54, 1.807) is 12.1 Å². The molecule has 2 rings (SSSR count). The predicted molar refractivity (Wildman–Crippen MR) is 80.3 cm³/mol. The van der Waals surface area contributed by atoms with Crippen molar-refractivity contribution in [2.45, 2.75) is 32.1 Å². The Morgan fingerprint density at radius 1 is 1.35 bits per heavy atom. The van der Waals surface area contributed by atoms with Crippen LogP contribution in [-0.4, -0.2) is 16.7 Å². The molecule has 1 heterocycles. The summed E-state index contributed by atoms with van der Waals surface area (Å²) in [7, 11) is 0. The minimum atomic E-state index is -0.283. The molecule has 0 spiro atoms. The topological polar surface area (TPSA) is 64.9 Å². The molecule has 0 amide bonds. The highest BCUT2D eigenvalue weighted by atomic mass is 35.5. The molecule has 1 unspecified atom stereocenters. The van der Waals surface area contributed by atoms with Crippen molar-refractivity contribution in [2.75, 3.05) is 6.54 Å². The van der Waals surface area contributed by atoms with Gasteiger partial charge in [-0.05, 0) is 31.0 Å². The number of rotatable bonds is 5. The van der Waals surface area contributed by atoms with E-state index >= 15 is 0 Å². The van der Waals surface area contributed by atoms with E-state index in [-0.39, 0.29) is 5.41 Å². The Hall–Kier alpha value is -1.10. The summed E-state index contributed by atoms with van der Waals surface area (Å²) in [6, 6.07) is 5.36. The van der Waals surface area contributed by atoms with Crippen LogP contribution in [0.25, 0.3) is 0 Å². The Balaban J connectivity index is 2.21. The van der Waals surface area contributed by atoms with Crippen LogP contribution in [0.15, 0.2) is 22.7 Å². The van der Waals surface area contributed by atoms with Gasteiger partial charge >= 0.3 is 0 Å². The lowest BCUT2D eigenvalue weighted by Crippen LogP contribution is -2.31. The van der Waals surface area contributed by atoms with E-state index in [9.17, 15) is 0 Å². The fourth-order valence-corrected chi connectivity index (χ4v) is 2.26. The number of aromatic nitrogens is 2. The van der Waals surface area contributed by atoms with Gasteiger partial charge in [-0.15, -0.1) is 0 Å². The zero-order valence-electron chi connectivity index (χ0n) is 11.5. The van der Waals surface area contributed by atoms with Crippen molar-refractivity contribution < 1.29 is 4.52 Å². The van der Waals surface area contributed by atoms with E-state index in [4.69, 9.17) is 33.5 Å². The molecule has 0 saturated heterocycles. The number of benzene rings is 1. The highest BCUT2D eigenvalue weighted by molar-refractivity contribution is 6.35. The van der Waals surface area contributed by atoms with Crippen LogP contribution >= 0.6 is 23.2 Å². The third-order valence-corrected chi connectivity index (χ3v) is 4.17. The number of hydrogen-bond donors (Lipinski definition) is 1. The average Bonchev–Trinajstić information content (AvgIpc) is 2.90. The van der Waals surface area contributed by atoms with Gasteiger partial charge in [0.05, 0.1) is 5.41 Å². The maximum Gasteiger partial charge on any atom is 0.233 e. The van der Waals surface area contributed by atoms with Gasteiger partial charge in [-0.25, -0.2) is 0 Å². The second-order valence-electron chi connectivity index (χ2n) is 5.05. The van der Waals surface area contributed by atoms with Crippen molar-refractivity contribution in [3.63, 3.8) is 0 Å². The first-order valence-electron chi connectivity index (χ1n) is 6.45. The summed E-state index contributed by atoms with van der Waals surface area (Å²) in [5.74, 6) is 1.17. The van der Waals surface area contributed by atoms with Crippen molar-refractivity contribution in [3.8, 4) is 0 Å². The molecular weight excluding hydrogens is 297 g/mol. The molecule has 2 aromatic rings. The SMILES string of the molecule is CCC(C)(CN)c1nc(Cc2ccc(Cl)cc2Cl)no1. The van der Waals surface area contributed by atoms with Crippen molar-refractivity contribution >= 4 is 23.2 Å². The highest BCUT2D eigenvalue weighted by Crippen LogP contribution is 2.26. The van der Waals surface area contributed by atoms with Crippen LogP contribution in [0.5, 0.6) is 0 Å². The Bertz CT molecular complexity index is 594. The molecule has 108 valence electrons. The van der Waals surface area contributed by atoms with E-state index in [0.29, 0.717) is 34.7 Å². The van der Waals surface area contributed by atoms with Crippen molar-refractivity contribution in [3.05, 3.63) is 45.5 Å². The Kier molecular flexibility index (Phi) is 4.68. The Labute approximate surface area is 128 Å². The summed E-state index contributed by atoms with van der Waals surface area (Å²) in [6.45, 7) is 4.53. The number of nitrogens with zero attached hydrogens (tertiary/aromatic N) is 2. The predicted octanol–water partition coefficient (Wildman–Crippen LogP) is 3.59. The number of hydrogen-bond acceptors (Lipinski definition) is 4. The zero-order valence-corrected chi connectivity index (χ0v) is 13.0. The first kappa shape index (κ1) is 15.3. The van der Waals surface area contributed by atoms with E-state index in [1.165, 1.54) is 0 Å². The fraction of sp³-hybridized carbons (Fsp3) is 0.429. The lowest BCUT2D eigenvalue weighted by Gasteiger charge is -2.20. The second kappa shape index (κ2) is 6.12. The molecule has 20 heavy (non-hydrogen) atoms. The normalized spacial score (nSPS) is 14.2. The third-order valence-electron chi connectivity index (χ3n) is 3.58. The smallest absolute Gasteiger partial charge is 0.233 e. The zero-order chi connectivity index (χ0) is 14.8. The van der Waals surface area contributed by atoms with Crippen molar-refractivity contribution in [1.29, 1.82) is 0 Å². The van der Waals surface area contributed by atoms with E-state index in [1.807, 2.05) is 19.9 Å². The molecular formula is C14H17Cl2N3O. The van der Waals surface area contributed by atoms with Gasteiger partial charge in [0.2, 0.25) is 5.89 Å². The molecule has 0 aliphatic rings. The first-order valence-corrected chi connectivity index (χ1v) is 7.21. The second-order valence-corrected chi connectivity index (χ2v) is 5.89. The minimum Gasteiger partial charge on any atom is -0.339 e. The molecule has 4 nitrogen and oxygen atoms in total. The lowest BCUT2D eigenvalue weighted by atomic mass is 9.88. The molecule has 0 aliphatic carbocycles. The van der Waals surface area contributed by atoms with E-state index in [0.717, 1.165) is 12.0 Å². The Morgan fingerprint density at radius 3 is 2.70 bits per heavy atom. The van der Waals surface area contributed by atoms with Crippen LogP contribution in [0, 0.1) is 0 Å². The molecule has 0 aliphatic heterocycles. The summed E-state index contributed by atoms with van der Waals surface area (Å²) in [5, 5.41) is 5.21. The molecule has 1 atom stereocenters. The monoisotopic (exact) mass is 313 g/mol. The van der Waals surface area contributed by atoms with Crippen LogP contribution < -0.4 is 5.73 Å². The standard InChI is InChI=1S/C14H17Cl2N3O/c1-3-14(2,8-17)13-18-12(19-20-13)6-9-4-5-10(15)7-11(9)16/h4-5,7H,3,6,8,17H2,1-2H3. The van der Waals surface area contributed by atoms with Gasteiger partial charge in [0.15, 0.2) is 5.82 Å². The maximum absolute atomic E-state index is 6.14. The van der Waals surface area contributed by atoms with Gasteiger partial charge in [-0.2, -0.15) is 4.98 Å². The molecule has 0 fully saturated rings. The molecule has 0 radical (unpaired) electrons. The molecule has 6 heteroatoms. The van der Waals surface area contributed by atoms with Crippen LogP contribution in [-0.2, 0) is 11.8 Å². The number of halogens is 2. The van der Waals surface area contributed by atoms with Crippen molar-refractivity contribution in [1.82, 2.24) is 10.1 Å². The number of nitrogens with two attached hydrogens (primary N) is 1. The largest absolute Gasteiger partial charge is 0.339 e. The van der Waals surface area contributed by atoms with Gasteiger partial charge in [0.1, 0.15) is 0 Å². The van der Waals surface area contributed by atoms with Crippen LogP contribution in [0.1, 0.15) is 37.5 Å². The lowest BCUT2D eigenvalue weighted by molar-refractivity contribution is 0.289. The Morgan fingerprint density at radius 2 is 2.10 bits per heavy atom.